The molecule has 192 valence electrons. The minimum Gasteiger partial charge on any atom is -0.0610 e. The van der Waals surface area contributed by atoms with E-state index in [4.69, 9.17) is 0 Å². The van der Waals surface area contributed by atoms with Gasteiger partial charge in [-0.1, -0.05) is 146 Å². The lowest BCUT2D eigenvalue weighted by Crippen LogP contribution is -1.89. The lowest BCUT2D eigenvalue weighted by atomic mass is 9.86. The quantitative estimate of drug-likeness (QED) is 0.136. The highest BCUT2D eigenvalue weighted by molar-refractivity contribution is 6.39. The van der Waals surface area contributed by atoms with Gasteiger partial charge in [-0.3, -0.25) is 0 Å². The molecule has 0 radical (unpaired) electrons. The zero-order chi connectivity index (χ0) is 27.4. The van der Waals surface area contributed by atoms with Crippen LogP contribution >= 0.6 is 0 Å². The molecular weight excluding hydrogens is 504 g/mol. The zero-order valence-electron chi connectivity index (χ0n) is 22.9. The van der Waals surface area contributed by atoms with Crippen LogP contribution in [0, 0.1) is 0 Å². The minimum atomic E-state index is 1.33. The van der Waals surface area contributed by atoms with E-state index in [9.17, 15) is 0 Å². The van der Waals surface area contributed by atoms with E-state index in [-0.39, 0.29) is 0 Å². The van der Waals surface area contributed by atoms with Gasteiger partial charge >= 0.3 is 0 Å². The molecule has 11 rings (SSSR count). The summed E-state index contributed by atoms with van der Waals surface area (Å²) >= 11 is 0. The van der Waals surface area contributed by atoms with Crippen LogP contribution in [-0.2, 0) is 0 Å². The summed E-state index contributed by atoms with van der Waals surface area (Å²) in [6.45, 7) is 0. The molecule has 0 heterocycles. The fraction of sp³-hybridized carbons (Fsp3) is 0. The Balaban J connectivity index is 0.000000113. The van der Waals surface area contributed by atoms with Crippen molar-refractivity contribution < 1.29 is 0 Å². The molecule has 0 spiro atoms. The molecule has 0 nitrogen and oxygen atoms in total. The lowest BCUT2D eigenvalue weighted by Gasteiger charge is -2.17. The Kier molecular flexibility index (Phi) is 4.27. The normalized spacial score (nSPS) is 12.3. The smallest absolute Gasteiger partial charge is 0.00141 e. The summed E-state index contributed by atoms with van der Waals surface area (Å²) in [6.07, 6.45) is 0. The van der Waals surface area contributed by atoms with Gasteiger partial charge in [0.1, 0.15) is 0 Å². The van der Waals surface area contributed by atoms with Crippen LogP contribution in [0.3, 0.4) is 0 Å². The number of fused-ring (bicyclic) bond motifs is 3. The molecule has 0 aliphatic carbocycles. The maximum absolute atomic E-state index is 2.27. The molecule has 0 saturated heterocycles. The summed E-state index contributed by atoms with van der Waals surface area (Å²) in [4.78, 5) is 0. The maximum atomic E-state index is 2.27. The van der Waals surface area contributed by atoms with Gasteiger partial charge in [-0.2, -0.15) is 0 Å². The maximum Gasteiger partial charge on any atom is -0.00141 e. The fourth-order valence-corrected chi connectivity index (χ4v) is 7.82. The van der Waals surface area contributed by atoms with Crippen molar-refractivity contribution in [2.45, 2.75) is 0 Å². The summed E-state index contributed by atoms with van der Waals surface area (Å²) in [7, 11) is 0. The molecule has 0 fully saturated rings. The molecule has 11 aromatic carbocycles. The molecular formula is C42H24. The predicted octanol–water partition coefficient (Wildman–Crippen LogP) is 12.1. The minimum absolute atomic E-state index is 1.33. The molecule has 0 aliphatic heterocycles. The predicted molar refractivity (Wildman–Crippen MR) is 184 cm³/mol. The van der Waals surface area contributed by atoms with Crippen molar-refractivity contribution in [2.75, 3.05) is 0 Å². The highest BCUT2D eigenvalue weighted by Crippen LogP contribution is 2.44. The average molecular weight is 529 g/mol. The van der Waals surface area contributed by atoms with Crippen molar-refractivity contribution in [1.82, 2.24) is 0 Å². The van der Waals surface area contributed by atoms with Crippen molar-refractivity contribution in [3.8, 4) is 0 Å². The Morgan fingerprint density at radius 2 is 0.381 bits per heavy atom. The standard InChI is InChI=1S/C22H12.C20H12/c1-3-13-7-9-15-11-12-16-10-8-14-4-2-6-18-17(5-1)19(13)21(15)22(16)20(14)18;1-5-13-6-2-11-17-18-12-4-8-14-7-3-10-16(20(14)18)15(9-1)19(13)17/h1-12H;1-12H. The van der Waals surface area contributed by atoms with Gasteiger partial charge in [-0.25, -0.2) is 0 Å². The van der Waals surface area contributed by atoms with E-state index in [1.165, 1.54) is 97.0 Å². The summed E-state index contributed by atoms with van der Waals surface area (Å²) in [6, 6.07) is 53.3. The van der Waals surface area contributed by atoms with Gasteiger partial charge < -0.3 is 0 Å². The van der Waals surface area contributed by atoms with Crippen molar-refractivity contribution in [3.05, 3.63) is 146 Å². The number of hydrogen-bond donors (Lipinski definition) is 0. The molecule has 11 aromatic rings. The molecule has 0 bridgehead atoms. The SMILES string of the molecule is c1cc2ccc3ccc4ccc5cccc6c(c1)c2c3c4c56.c1cc2cccc3c4cccc5cccc(c(c1)c23)c54. The molecule has 42 heavy (non-hydrogen) atoms. The van der Waals surface area contributed by atoms with E-state index in [0.29, 0.717) is 0 Å². The largest absolute Gasteiger partial charge is 0.0610 e. The van der Waals surface area contributed by atoms with Gasteiger partial charge in [0.25, 0.3) is 0 Å². The van der Waals surface area contributed by atoms with E-state index in [2.05, 4.69) is 146 Å². The highest BCUT2D eigenvalue weighted by atomic mass is 14.2. The van der Waals surface area contributed by atoms with E-state index >= 15 is 0 Å². The number of hydrogen-bond acceptors (Lipinski definition) is 0. The highest BCUT2D eigenvalue weighted by Gasteiger charge is 2.16. The van der Waals surface area contributed by atoms with Crippen LogP contribution in [0.1, 0.15) is 0 Å². The van der Waals surface area contributed by atoms with Gasteiger partial charge in [0.15, 0.2) is 0 Å². The Labute approximate surface area is 242 Å². The Morgan fingerprint density at radius 3 is 0.667 bits per heavy atom. The van der Waals surface area contributed by atoms with Crippen LogP contribution in [0.2, 0.25) is 0 Å². The molecule has 0 saturated carbocycles. The Bertz CT molecular complexity index is 2500. The van der Waals surface area contributed by atoms with Gasteiger partial charge in [-0.05, 0) is 97.0 Å². The van der Waals surface area contributed by atoms with Crippen LogP contribution in [0.4, 0.5) is 0 Å². The monoisotopic (exact) mass is 528 g/mol. The fourth-order valence-electron chi connectivity index (χ4n) is 7.82. The van der Waals surface area contributed by atoms with E-state index in [1.807, 2.05) is 0 Å². The van der Waals surface area contributed by atoms with E-state index < -0.39 is 0 Å². The number of rotatable bonds is 0. The van der Waals surface area contributed by atoms with Crippen molar-refractivity contribution in [2.24, 2.45) is 0 Å². The Hall–Kier alpha value is -5.46. The molecule has 0 unspecified atom stereocenters. The van der Waals surface area contributed by atoms with Crippen LogP contribution in [0.15, 0.2) is 146 Å². The van der Waals surface area contributed by atoms with Crippen molar-refractivity contribution in [3.63, 3.8) is 0 Å². The average Bonchev–Trinajstić information content (AvgIpc) is 3.06. The first-order chi connectivity index (χ1) is 20.8. The third-order valence-corrected chi connectivity index (χ3v) is 9.53. The molecule has 0 aliphatic rings. The summed E-state index contributed by atoms with van der Waals surface area (Å²) < 4.78 is 0. The van der Waals surface area contributed by atoms with E-state index in [0.717, 1.165) is 0 Å². The first-order valence-corrected chi connectivity index (χ1v) is 14.7. The molecule has 0 heteroatoms. The van der Waals surface area contributed by atoms with E-state index in [1.54, 1.807) is 0 Å². The van der Waals surface area contributed by atoms with Gasteiger partial charge in [-0.15, -0.1) is 0 Å². The van der Waals surface area contributed by atoms with Crippen molar-refractivity contribution >= 4 is 97.0 Å². The summed E-state index contributed by atoms with van der Waals surface area (Å²) in [5, 5.41) is 24.7. The second-order valence-electron chi connectivity index (χ2n) is 11.6. The molecule has 0 aromatic heterocycles. The summed E-state index contributed by atoms with van der Waals surface area (Å²) in [5.41, 5.74) is 0. The third-order valence-electron chi connectivity index (χ3n) is 9.53. The first kappa shape index (κ1) is 22.3. The van der Waals surface area contributed by atoms with Crippen LogP contribution in [0.25, 0.3) is 97.0 Å². The summed E-state index contributed by atoms with van der Waals surface area (Å²) in [5.74, 6) is 0. The van der Waals surface area contributed by atoms with Gasteiger partial charge in [0, 0.05) is 0 Å². The topological polar surface area (TPSA) is 0 Å². The molecule has 0 atom stereocenters. The van der Waals surface area contributed by atoms with Crippen LogP contribution in [-0.4, -0.2) is 0 Å². The third kappa shape index (κ3) is 2.81. The first-order valence-electron chi connectivity index (χ1n) is 14.7. The molecule has 0 N–H and O–H groups in total. The lowest BCUT2D eigenvalue weighted by molar-refractivity contribution is 1.78. The van der Waals surface area contributed by atoms with Crippen LogP contribution in [0.5, 0.6) is 0 Å². The van der Waals surface area contributed by atoms with Gasteiger partial charge in [0.05, 0.1) is 0 Å². The van der Waals surface area contributed by atoms with Crippen LogP contribution < -0.4 is 0 Å². The zero-order valence-corrected chi connectivity index (χ0v) is 22.9. The Morgan fingerprint density at radius 1 is 0.167 bits per heavy atom. The second kappa shape index (κ2) is 8.06. The van der Waals surface area contributed by atoms with Gasteiger partial charge in [0.2, 0.25) is 0 Å². The number of benzene rings is 11. The van der Waals surface area contributed by atoms with Crippen molar-refractivity contribution in [1.29, 1.82) is 0 Å². The second-order valence-corrected chi connectivity index (χ2v) is 11.6. The molecule has 0 amide bonds.